The Morgan fingerprint density at radius 1 is 0.931 bits per heavy atom. The van der Waals surface area contributed by atoms with Crippen LogP contribution in [0.3, 0.4) is 0 Å². The Morgan fingerprint density at radius 3 is 1.97 bits per heavy atom. The lowest BCUT2D eigenvalue weighted by Crippen LogP contribution is -2.25. The van der Waals surface area contributed by atoms with E-state index in [2.05, 4.69) is 4.98 Å². The van der Waals surface area contributed by atoms with Crippen LogP contribution in [0.5, 0.6) is 17.2 Å². The monoisotopic (exact) mass is 403 g/mol. The number of esters is 1. The molecule has 0 unspecified atom stereocenters. The molecule has 0 saturated carbocycles. The molecule has 156 valence electrons. The number of carbonyl (C=O) groups is 3. The summed E-state index contributed by atoms with van der Waals surface area (Å²) in [4.78, 5) is 40.2. The van der Waals surface area contributed by atoms with E-state index in [1.54, 1.807) is 13.8 Å². The van der Waals surface area contributed by atoms with Crippen LogP contribution in [0.15, 0.2) is 12.1 Å². The molecule has 1 atom stereocenters. The van der Waals surface area contributed by atoms with Crippen molar-refractivity contribution in [1.82, 2.24) is 4.98 Å². The number of carbonyl (C=O) groups excluding carboxylic acids is 3. The number of ether oxygens (including phenoxy) is 4. The predicted molar refractivity (Wildman–Crippen MR) is 106 cm³/mol. The van der Waals surface area contributed by atoms with Gasteiger partial charge in [0.15, 0.2) is 23.4 Å². The number of hydrogen-bond donors (Lipinski definition) is 1. The second-order valence-corrected chi connectivity index (χ2v) is 6.50. The first-order valence-electron chi connectivity index (χ1n) is 8.91. The molecule has 0 saturated heterocycles. The fourth-order valence-corrected chi connectivity index (χ4v) is 3.19. The molecule has 0 aliphatic carbocycles. The molecule has 29 heavy (non-hydrogen) atoms. The summed E-state index contributed by atoms with van der Waals surface area (Å²) < 4.78 is 21.0. The molecule has 1 N–H and O–H groups in total. The van der Waals surface area contributed by atoms with E-state index in [9.17, 15) is 14.4 Å². The minimum atomic E-state index is -1.09. The molecule has 8 nitrogen and oxygen atoms in total. The molecule has 0 aliphatic rings. The summed E-state index contributed by atoms with van der Waals surface area (Å²) in [5.41, 5.74) is 1.93. The van der Waals surface area contributed by atoms with Crippen LogP contribution in [0, 0.1) is 13.8 Å². The number of nitrogens with one attached hydrogen (secondary N) is 1. The molecule has 0 spiro atoms. The Balaban J connectivity index is 2.30. The first-order chi connectivity index (χ1) is 13.7. The first-order valence-corrected chi connectivity index (χ1v) is 8.91. The predicted octanol–water partition coefficient (Wildman–Crippen LogP) is 3.29. The molecule has 0 fully saturated rings. The number of rotatable bonds is 8. The van der Waals surface area contributed by atoms with Crippen LogP contribution in [0.2, 0.25) is 0 Å². The SMILES string of the molecule is COc1cc(OC)c(C(=O)O[C@@H](C)C(=O)c2[nH]c(C)c(C(C)=O)c2C)cc1OC. The number of aromatic nitrogens is 1. The van der Waals surface area contributed by atoms with Crippen LogP contribution >= 0.6 is 0 Å². The Kier molecular flexibility index (Phi) is 6.68. The van der Waals surface area contributed by atoms with Gasteiger partial charge < -0.3 is 23.9 Å². The van der Waals surface area contributed by atoms with Crippen molar-refractivity contribution < 1.29 is 33.3 Å². The minimum Gasteiger partial charge on any atom is -0.496 e. The summed E-state index contributed by atoms with van der Waals surface area (Å²) in [6.45, 7) is 6.30. The van der Waals surface area contributed by atoms with Gasteiger partial charge in [0.05, 0.1) is 27.0 Å². The van der Waals surface area contributed by atoms with Gasteiger partial charge in [0.25, 0.3) is 0 Å². The molecule has 0 bridgehead atoms. The lowest BCUT2D eigenvalue weighted by Gasteiger charge is -2.16. The lowest BCUT2D eigenvalue weighted by atomic mass is 10.0. The highest BCUT2D eigenvalue weighted by molar-refractivity contribution is 6.06. The third kappa shape index (κ3) is 4.26. The zero-order chi connectivity index (χ0) is 21.9. The molecule has 2 aromatic rings. The summed E-state index contributed by atoms with van der Waals surface area (Å²) in [6, 6.07) is 2.93. The molecule has 8 heteroatoms. The largest absolute Gasteiger partial charge is 0.496 e. The summed E-state index contributed by atoms with van der Waals surface area (Å²) in [5.74, 6) is -0.407. The van der Waals surface area contributed by atoms with Gasteiger partial charge in [0, 0.05) is 23.4 Å². The van der Waals surface area contributed by atoms with Gasteiger partial charge in [-0.15, -0.1) is 0 Å². The van der Waals surface area contributed by atoms with Crippen molar-refractivity contribution in [2.75, 3.05) is 21.3 Å². The maximum Gasteiger partial charge on any atom is 0.342 e. The topological polar surface area (TPSA) is 104 Å². The Morgan fingerprint density at radius 2 is 1.48 bits per heavy atom. The van der Waals surface area contributed by atoms with Gasteiger partial charge in [0.2, 0.25) is 5.78 Å². The summed E-state index contributed by atoms with van der Waals surface area (Å²) in [7, 11) is 4.31. The van der Waals surface area contributed by atoms with Crippen LogP contribution < -0.4 is 14.2 Å². The van der Waals surface area contributed by atoms with Gasteiger partial charge in [-0.25, -0.2) is 4.79 Å². The number of hydrogen-bond acceptors (Lipinski definition) is 7. The molecule has 0 amide bonds. The second kappa shape index (κ2) is 8.81. The van der Waals surface area contributed by atoms with Gasteiger partial charge in [-0.2, -0.15) is 0 Å². The van der Waals surface area contributed by atoms with Crippen molar-refractivity contribution in [3.8, 4) is 17.2 Å². The van der Waals surface area contributed by atoms with Crippen molar-refractivity contribution in [1.29, 1.82) is 0 Å². The van der Waals surface area contributed by atoms with Gasteiger partial charge in [-0.3, -0.25) is 9.59 Å². The summed E-state index contributed by atoms with van der Waals surface area (Å²) >= 11 is 0. The number of methoxy groups -OCH3 is 3. The molecule has 1 aromatic heterocycles. The third-order valence-electron chi connectivity index (χ3n) is 4.61. The standard InChI is InChI=1S/C21H25NO7/c1-10-18(12(3)23)11(2)22-19(10)20(24)13(4)29-21(25)14-8-16(27-6)17(28-7)9-15(14)26-5/h8-9,13,22H,1-7H3/t13-/m0/s1. The van der Waals surface area contributed by atoms with Crippen LogP contribution in [-0.2, 0) is 4.74 Å². The Bertz CT molecular complexity index is 958. The highest BCUT2D eigenvalue weighted by atomic mass is 16.5. The average molecular weight is 403 g/mol. The molecular weight excluding hydrogens is 378 g/mol. The van der Waals surface area contributed by atoms with Crippen LogP contribution in [-0.4, -0.2) is 50.0 Å². The van der Waals surface area contributed by atoms with Crippen molar-refractivity contribution in [3.05, 3.63) is 40.2 Å². The number of benzene rings is 1. The highest BCUT2D eigenvalue weighted by Crippen LogP contribution is 2.35. The van der Waals surface area contributed by atoms with Crippen molar-refractivity contribution in [3.63, 3.8) is 0 Å². The van der Waals surface area contributed by atoms with Crippen LogP contribution in [0.25, 0.3) is 0 Å². The molecular formula is C21H25NO7. The quantitative estimate of drug-likeness (QED) is 0.533. The number of Topliss-reactive ketones (excluding diaryl/α,β-unsaturated/α-hetero) is 2. The van der Waals surface area contributed by atoms with E-state index in [0.717, 1.165) is 0 Å². The first kappa shape index (κ1) is 22.0. The molecule has 2 rings (SSSR count). The van der Waals surface area contributed by atoms with E-state index >= 15 is 0 Å². The number of aryl methyl sites for hydroxylation is 1. The molecule has 0 radical (unpaired) electrons. The van der Waals surface area contributed by atoms with E-state index in [0.29, 0.717) is 28.3 Å². The van der Waals surface area contributed by atoms with Crippen LogP contribution in [0.4, 0.5) is 0 Å². The van der Waals surface area contributed by atoms with E-state index in [1.165, 1.54) is 47.3 Å². The Hall–Kier alpha value is -3.29. The maximum atomic E-state index is 12.8. The smallest absolute Gasteiger partial charge is 0.342 e. The van der Waals surface area contributed by atoms with E-state index < -0.39 is 17.9 Å². The summed E-state index contributed by atoms with van der Waals surface area (Å²) in [6.07, 6.45) is -1.09. The van der Waals surface area contributed by atoms with Crippen molar-refractivity contribution in [2.45, 2.75) is 33.8 Å². The normalized spacial score (nSPS) is 11.6. The van der Waals surface area contributed by atoms with E-state index in [4.69, 9.17) is 18.9 Å². The molecule has 1 aromatic carbocycles. The second-order valence-electron chi connectivity index (χ2n) is 6.50. The van der Waals surface area contributed by atoms with Gasteiger partial charge in [-0.1, -0.05) is 0 Å². The van der Waals surface area contributed by atoms with Crippen molar-refractivity contribution >= 4 is 17.5 Å². The number of ketones is 2. The Labute approximate surface area is 169 Å². The minimum absolute atomic E-state index is 0.0913. The zero-order valence-electron chi connectivity index (χ0n) is 17.6. The third-order valence-corrected chi connectivity index (χ3v) is 4.61. The highest BCUT2D eigenvalue weighted by Gasteiger charge is 2.28. The summed E-state index contributed by atoms with van der Waals surface area (Å²) in [5, 5.41) is 0. The number of H-pyrrole nitrogens is 1. The zero-order valence-corrected chi connectivity index (χ0v) is 17.6. The van der Waals surface area contributed by atoms with Gasteiger partial charge >= 0.3 is 5.97 Å². The molecule has 1 heterocycles. The molecule has 0 aliphatic heterocycles. The van der Waals surface area contributed by atoms with Crippen molar-refractivity contribution in [2.24, 2.45) is 0 Å². The van der Waals surface area contributed by atoms with Crippen LogP contribution in [0.1, 0.15) is 56.3 Å². The van der Waals surface area contributed by atoms with Gasteiger partial charge in [-0.05, 0) is 33.3 Å². The van der Waals surface area contributed by atoms with E-state index in [-0.39, 0.29) is 22.8 Å². The average Bonchev–Trinajstić information content (AvgIpc) is 2.99. The van der Waals surface area contributed by atoms with E-state index in [1.807, 2.05) is 0 Å². The van der Waals surface area contributed by atoms with Gasteiger partial charge in [0.1, 0.15) is 11.3 Å². The maximum absolute atomic E-state index is 12.8. The number of aromatic amines is 1. The fourth-order valence-electron chi connectivity index (χ4n) is 3.19. The fraction of sp³-hybridized carbons (Fsp3) is 0.381. The lowest BCUT2D eigenvalue weighted by molar-refractivity contribution is 0.0313.